The molecule has 0 saturated carbocycles. The van der Waals surface area contributed by atoms with Gasteiger partial charge in [-0.25, -0.2) is 15.0 Å². The van der Waals surface area contributed by atoms with E-state index >= 15 is 0 Å². The maximum atomic E-state index is 4.33. The van der Waals surface area contributed by atoms with E-state index in [1.807, 2.05) is 25.5 Å². The molecule has 0 spiro atoms. The molecule has 0 unspecified atom stereocenters. The van der Waals surface area contributed by atoms with E-state index in [0.717, 1.165) is 44.2 Å². The van der Waals surface area contributed by atoms with Gasteiger partial charge in [0.05, 0.1) is 6.54 Å². The molecule has 1 fully saturated rings. The molecule has 0 aliphatic carbocycles. The molecule has 0 atom stereocenters. The summed E-state index contributed by atoms with van der Waals surface area (Å²) < 4.78 is 2.06. The molecular formula is C14H20N6. The zero-order chi connectivity index (χ0) is 13.8. The monoisotopic (exact) mass is 272 g/mol. The molecule has 0 amide bonds. The van der Waals surface area contributed by atoms with Gasteiger partial charge in [0, 0.05) is 51.0 Å². The smallest absolute Gasteiger partial charge is 0.225 e. The summed E-state index contributed by atoms with van der Waals surface area (Å²) >= 11 is 0. The highest BCUT2D eigenvalue weighted by Gasteiger charge is 2.20. The van der Waals surface area contributed by atoms with Crippen LogP contribution in [0.1, 0.15) is 18.7 Å². The average molecular weight is 272 g/mol. The molecule has 3 rings (SSSR count). The quantitative estimate of drug-likeness (QED) is 0.898. The summed E-state index contributed by atoms with van der Waals surface area (Å²) in [5.41, 5.74) is 0. The number of piperidine rings is 1. The van der Waals surface area contributed by atoms with E-state index in [9.17, 15) is 0 Å². The Kier molecular flexibility index (Phi) is 3.92. The van der Waals surface area contributed by atoms with E-state index in [1.54, 1.807) is 12.4 Å². The molecule has 0 aromatic carbocycles. The van der Waals surface area contributed by atoms with Gasteiger partial charge in [0.15, 0.2) is 0 Å². The van der Waals surface area contributed by atoms with Gasteiger partial charge in [0.25, 0.3) is 0 Å². The molecule has 1 aliphatic heterocycles. The van der Waals surface area contributed by atoms with E-state index in [4.69, 9.17) is 0 Å². The normalized spacial score (nSPS) is 16.6. The van der Waals surface area contributed by atoms with Gasteiger partial charge < -0.3 is 14.8 Å². The second-order valence-electron chi connectivity index (χ2n) is 5.15. The van der Waals surface area contributed by atoms with E-state index < -0.39 is 0 Å². The first kappa shape index (κ1) is 13.1. The lowest BCUT2D eigenvalue weighted by Gasteiger charge is -2.32. The van der Waals surface area contributed by atoms with Crippen molar-refractivity contribution < 1.29 is 0 Å². The average Bonchev–Trinajstić information content (AvgIpc) is 2.92. The number of aromatic nitrogens is 4. The van der Waals surface area contributed by atoms with Gasteiger partial charge in [0.2, 0.25) is 5.95 Å². The fraction of sp³-hybridized carbons (Fsp3) is 0.500. The van der Waals surface area contributed by atoms with Gasteiger partial charge in [-0.2, -0.15) is 0 Å². The molecule has 0 bridgehead atoms. The van der Waals surface area contributed by atoms with Gasteiger partial charge >= 0.3 is 0 Å². The third-order valence-corrected chi connectivity index (χ3v) is 3.80. The van der Waals surface area contributed by atoms with E-state index in [-0.39, 0.29) is 0 Å². The lowest BCUT2D eigenvalue weighted by molar-refractivity contribution is 0.405. The Balaban J connectivity index is 1.48. The van der Waals surface area contributed by atoms with Crippen LogP contribution in [-0.2, 0) is 13.6 Å². The Bertz CT molecular complexity index is 530. The first-order chi connectivity index (χ1) is 9.83. The molecule has 106 valence electrons. The van der Waals surface area contributed by atoms with Gasteiger partial charge in [-0.05, 0) is 18.9 Å². The minimum Gasteiger partial charge on any atom is -0.341 e. The molecule has 6 heteroatoms. The predicted octanol–water partition coefficient (Wildman–Crippen LogP) is 0.969. The largest absolute Gasteiger partial charge is 0.341 e. The predicted molar refractivity (Wildman–Crippen MR) is 77.3 cm³/mol. The third kappa shape index (κ3) is 2.96. The summed E-state index contributed by atoms with van der Waals surface area (Å²) in [6.45, 7) is 2.83. The van der Waals surface area contributed by atoms with Gasteiger partial charge in [0.1, 0.15) is 5.82 Å². The summed E-state index contributed by atoms with van der Waals surface area (Å²) in [4.78, 5) is 15.2. The Morgan fingerprint density at radius 3 is 2.55 bits per heavy atom. The van der Waals surface area contributed by atoms with Crippen molar-refractivity contribution in [3.05, 3.63) is 36.7 Å². The van der Waals surface area contributed by atoms with Crippen molar-refractivity contribution in [3.63, 3.8) is 0 Å². The first-order valence-electron chi connectivity index (χ1n) is 7.04. The van der Waals surface area contributed by atoms with Crippen LogP contribution in [0.2, 0.25) is 0 Å². The van der Waals surface area contributed by atoms with Crippen LogP contribution in [-0.4, -0.2) is 38.7 Å². The maximum Gasteiger partial charge on any atom is 0.225 e. The highest BCUT2D eigenvalue weighted by Crippen LogP contribution is 2.15. The Labute approximate surface area is 118 Å². The zero-order valence-electron chi connectivity index (χ0n) is 11.7. The molecule has 2 aromatic heterocycles. The highest BCUT2D eigenvalue weighted by molar-refractivity contribution is 5.29. The zero-order valence-corrected chi connectivity index (χ0v) is 11.7. The molecule has 2 aromatic rings. The van der Waals surface area contributed by atoms with Gasteiger partial charge in [-0.3, -0.25) is 0 Å². The first-order valence-corrected chi connectivity index (χ1v) is 7.04. The Morgan fingerprint density at radius 1 is 1.15 bits per heavy atom. The van der Waals surface area contributed by atoms with Crippen molar-refractivity contribution in [2.45, 2.75) is 25.4 Å². The maximum absolute atomic E-state index is 4.33. The molecule has 1 N–H and O–H groups in total. The highest BCUT2D eigenvalue weighted by atomic mass is 15.3. The SMILES string of the molecule is Cn1ccnc1CNC1CCN(c2ncccn2)CC1. The minimum absolute atomic E-state index is 0.548. The fourth-order valence-corrected chi connectivity index (χ4v) is 2.54. The standard InChI is InChI=1S/C14H20N6/c1-19-10-7-15-13(19)11-18-12-3-8-20(9-4-12)14-16-5-2-6-17-14/h2,5-7,10,12,18H,3-4,8-9,11H2,1H3. The summed E-state index contributed by atoms with van der Waals surface area (Å²) in [7, 11) is 2.03. The number of hydrogen-bond acceptors (Lipinski definition) is 5. The topological polar surface area (TPSA) is 58.9 Å². The number of anilines is 1. The summed E-state index contributed by atoms with van der Waals surface area (Å²) in [6, 6.07) is 2.40. The Hall–Kier alpha value is -1.95. The number of rotatable bonds is 4. The van der Waals surface area contributed by atoms with Crippen LogP contribution in [0.25, 0.3) is 0 Å². The number of hydrogen-bond donors (Lipinski definition) is 1. The lowest BCUT2D eigenvalue weighted by Crippen LogP contribution is -2.43. The van der Waals surface area contributed by atoms with Crippen LogP contribution in [0.15, 0.2) is 30.9 Å². The molecule has 1 saturated heterocycles. The van der Waals surface area contributed by atoms with E-state index in [1.165, 1.54) is 0 Å². The molecule has 0 radical (unpaired) electrons. The fourth-order valence-electron chi connectivity index (χ4n) is 2.54. The van der Waals surface area contributed by atoms with Crippen molar-refractivity contribution in [3.8, 4) is 0 Å². The number of nitrogens with one attached hydrogen (secondary N) is 1. The van der Waals surface area contributed by atoms with Crippen LogP contribution in [0.4, 0.5) is 5.95 Å². The summed E-state index contributed by atoms with van der Waals surface area (Å²) in [6.07, 6.45) is 9.64. The molecule has 6 nitrogen and oxygen atoms in total. The molecule has 20 heavy (non-hydrogen) atoms. The molecule has 1 aliphatic rings. The second-order valence-corrected chi connectivity index (χ2v) is 5.15. The van der Waals surface area contributed by atoms with Gasteiger partial charge in [-0.15, -0.1) is 0 Å². The van der Waals surface area contributed by atoms with Crippen LogP contribution in [0, 0.1) is 0 Å². The molecule has 3 heterocycles. The number of imidazole rings is 1. The second kappa shape index (κ2) is 6.00. The summed E-state index contributed by atoms with van der Waals surface area (Å²) in [5.74, 6) is 1.92. The van der Waals surface area contributed by atoms with Crippen LogP contribution < -0.4 is 10.2 Å². The summed E-state index contributed by atoms with van der Waals surface area (Å²) in [5, 5.41) is 3.59. The van der Waals surface area contributed by atoms with Crippen molar-refractivity contribution in [2.75, 3.05) is 18.0 Å². The number of aryl methyl sites for hydroxylation is 1. The van der Waals surface area contributed by atoms with E-state index in [2.05, 4.69) is 29.7 Å². The van der Waals surface area contributed by atoms with Crippen molar-refractivity contribution in [1.29, 1.82) is 0 Å². The van der Waals surface area contributed by atoms with E-state index in [0.29, 0.717) is 6.04 Å². The van der Waals surface area contributed by atoms with Crippen LogP contribution in [0.3, 0.4) is 0 Å². The number of nitrogens with zero attached hydrogens (tertiary/aromatic N) is 5. The minimum atomic E-state index is 0.548. The lowest BCUT2D eigenvalue weighted by atomic mass is 10.1. The van der Waals surface area contributed by atoms with Gasteiger partial charge in [-0.1, -0.05) is 0 Å². The Morgan fingerprint density at radius 2 is 1.90 bits per heavy atom. The van der Waals surface area contributed by atoms with Crippen molar-refractivity contribution in [2.24, 2.45) is 7.05 Å². The third-order valence-electron chi connectivity index (χ3n) is 3.80. The molecular weight excluding hydrogens is 252 g/mol. The van der Waals surface area contributed by atoms with Crippen molar-refractivity contribution >= 4 is 5.95 Å². The van der Waals surface area contributed by atoms with Crippen LogP contribution >= 0.6 is 0 Å². The van der Waals surface area contributed by atoms with Crippen molar-refractivity contribution in [1.82, 2.24) is 24.8 Å². The van der Waals surface area contributed by atoms with Crippen LogP contribution in [0.5, 0.6) is 0 Å².